The van der Waals surface area contributed by atoms with E-state index in [-0.39, 0.29) is 5.56 Å². The zero-order valence-electron chi connectivity index (χ0n) is 7.55. The van der Waals surface area contributed by atoms with Crippen molar-refractivity contribution in [3.05, 3.63) is 27.9 Å². The highest BCUT2D eigenvalue weighted by Gasteiger charge is 2.08. The summed E-state index contributed by atoms with van der Waals surface area (Å²) in [7, 11) is 0. The van der Waals surface area contributed by atoms with E-state index in [1.54, 1.807) is 13.0 Å². The summed E-state index contributed by atoms with van der Waals surface area (Å²) in [5.74, 6) is 0.816. The average molecular weight is 178 g/mol. The predicted molar refractivity (Wildman–Crippen MR) is 48.7 cm³/mol. The first-order chi connectivity index (χ1) is 6.22. The molecule has 0 saturated carbocycles. The topological polar surface area (TPSA) is 58.9 Å². The van der Waals surface area contributed by atoms with E-state index in [0.29, 0.717) is 16.7 Å². The average Bonchev–Trinajstić information content (AvgIpc) is 2.56. The van der Waals surface area contributed by atoms with Crippen LogP contribution in [0.4, 0.5) is 0 Å². The number of hydrogen-bond donors (Lipinski definition) is 1. The molecule has 2 aromatic rings. The lowest BCUT2D eigenvalue weighted by atomic mass is 10.3. The lowest BCUT2D eigenvalue weighted by Gasteiger charge is -1.90. The van der Waals surface area contributed by atoms with Crippen molar-refractivity contribution in [3.63, 3.8) is 0 Å². The van der Waals surface area contributed by atoms with Crippen molar-refractivity contribution in [2.75, 3.05) is 0 Å². The second kappa shape index (κ2) is 2.73. The van der Waals surface area contributed by atoms with Crippen LogP contribution in [0.15, 0.2) is 15.3 Å². The maximum absolute atomic E-state index is 11.3. The lowest BCUT2D eigenvalue weighted by molar-refractivity contribution is 0.552. The summed E-state index contributed by atoms with van der Waals surface area (Å²) < 4.78 is 5.45. The fraction of sp³-hybridized carbons (Fsp3) is 0.333. The van der Waals surface area contributed by atoms with Gasteiger partial charge in [-0.2, -0.15) is 5.10 Å². The number of aryl methyl sites for hydroxylation is 2. The molecular weight excluding hydrogens is 168 g/mol. The maximum atomic E-state index is 11.3. The molecule has 0 aliphatic carbocycles. The molecule has 0 aromatic carbocycles. The Bertz CT molecular complexity index is 496. The van der Waals surface area contributed by atoms with Gasteiger partial charge < -0.3 is 4.42 Å². The quantitative estimate of drug-likeness (QED) is 0.717. The third-order valence-corrected chi connectivity index (χ3v) is 2.03. The molecule has 13 heavy (non-hydrogen) atoms. The summed E-state index contributed by atoms with van der Waals surface area (Å²) in [5, 5.41) is 6.83. The SMILES string of the molecule is CCc1cc2c(=O)[nH]nc(C)c2o1. The molecule has 0 fully saturated rings. The second-order valence-electron chi connectivity index (χ2n) is 2.95. The van der Waals surface area contributed by atoms with Crippen LogP contribution in [-0.2, 0) is 6.42 Å². The molecule has 0 saturated heterocycles. The van der Waals surface area contributed by atoms with Gasteiger partial charge in [0.05, 0.1) is 5.39 Å². The summed E-state index contributed by atoms with van der Waals surface area (Å²) in [6.45, 7) is 3.79. The molecule has 1 N–H and O–H groups in total. The van der Waals surface area contributed by atoms with Gasteiger partial charge in [0.15, 0.2) is 5.58 Å². The molecule has 4 nitrogen and oxygen atoms in total. The molecule has 68 valence electrons. The summed E-state index contributed by atoms with van der Waals surface area (Å²) in [5.41, 5.74) is 1.12. The Labute approximate surface area is 74.6 Å². The number of furan rings is 1. The molecule has 2 rings (SSSR count). The summed E-state index contributed by atoms with van der Waals surface area (Å²) in [6.07, 6.45) is 0.785. The number of nitrogens with one attached hydrogen (secondary N) is 1. The van der Waals surface area contributed by atoms with Crippen LogP contribution < -0.4 is 5.56 Å². The molecule has 0 unspecified atom stereocenters. The maximum Gasteiger partial charge on any atom is 0.275 e. The van der Waals surface area contributed by atoms with Gasteiger partial charge in [-0.3, -0.25) is 4.79 Å². The van der Waals surface area contributed by atoms with Crippen LogP contribution >= 0.6 is 0 Å². The molecular formula is C9H10N2O2. The van der Waals surface area contributed by atoms with E-state index in [1.807, 2.05) is 6.92 Å². The molecule has 2 heterocycles. The molecule has 4 heteroatoms. The minimum atomic E-state index is -0.191. The van der Waals surface area contributed by atoms with E-state index in [0.717, 1.165) is 12.2 Å². The highest BCUT2D eigenvalue weighted by atomic mass is 16.3. The van der Waals surface area contributed by atoms with Crippen LogP contribution in [0.25, 0.3) is 11.0 Å². The Morgan fingerprint density at radius 3 is 3.00 bits per heavy atom. The van der Waals surface area contributed by atoms with Gasteiger partial charge in [-0.1, -0.05) is 6.92 Å². The van der Waals surface area contributed by atoms with Crippen molar-refractivity contribution in [2.24, 2.45) is 0 Å². The van der Waals surface area contributed by atoms with E-state index in [9.17, 15) is 4.79 Å². The van der Waals surface area contributed by atoms with Gasteiger partial charge in [0.2, 0.25) is 0 Å². The van der Waals surface area contributed by atoms with Crippen molar-refractivity contribution in [2.45, 2.75) is 20.3 Å². The third-order valence-electron chi connectivity index (χ3n) is 2.03. The van der Waals surface area contributed by atoms with Crippen molar-refractivity contribution < 1.29 is 4.42 Å². The van der Waals surface area contributed by atoms with Crippen LogP contribution in [0, 0.1) is 6.92 Å². The summed E-state index contributed by atoms with van der Waals surface area (Å²) >= 11 is 0. The standard InChI is InChI=1S/C9H10N2O2/c1-3-6-4-7-8(13-6)5(2)10-11-9(7)12/h4H,3H2,1-2H3,(H,11,12). The molecule has 0 aliphatic heterocycles. The largest absolute Gasteiger partial charge is 0.459 e. The molecule has 0 aliphatic rings. The van der Waals surface area contributed by atoms with Gasteiger partial charge in [-0.15, -0.1) is 0 Å². The highest BCUT2D eigenvalue weighted by Crippen LogP contribution is 2.17. The highest BCUT2D eigenvalue weighted by molar-refractivity contribution is 5.78. The molecule has 0 atom stereocenters. The molecule has 0 spiro atoms. The van der Waals surface area contributed by atoms with Gasteiger partial charge in [-0.25, -0.2) is 5.10 Å². The lowest BCUT2D eigenvalue weighted by Crippen LogP contribution is -2.07. The number of aromatic amines is 1. The van der Waals surface area contributed by atoms with Crippen molar-refractivity contribution in [1.82, 2.24) is 10.2 Å². The number of aromatic nitrogens is 2. The van der Waals surface area contributed by atoms with E-state index in [2.05, 4.69) is 10.2 Å². The Hall–Kier alpha value is -1.58. The smallest absolute Gasteiger partial charge is 0.275 e. The van der Waals surface area contributed by atoms with Crippen LogP contribution in [0.2, 0.25) is 0 Å². The van der Waals surface area contributed by atoms with E-state index < -0.39 is 0 Å². The van der Waals surface area contributed by atoms with E-state index in [4.69, 9.17) is 4.42 Å². The van der Waals surface area contributed by atoms with Crippen molar-refractivity contribution in [1.29, 1.82) is 0 Å². The third kappa shape index (κ3) is 1.14. The van der Waals surface area contributed by atoms with Crippen molar-refractivity contribution in [3.8, 4) is 0 Å². The van der Waals surface area contributed by atoms with Crippen LogP contribution in [-0.4, -0.2) is 10.2 Å². The van der Waals surface area contributed by atoms with Crippen LogP contribution in [0.3, 0.4) is 0 Å². The van der Waals surface area contributed by atoms with Gasteiger partial charge in [0.1, 0.15) is 11.5 Å². The number of fused-ring (bicyclic) bond motifs is 1. The van der Waals surface area contributed by atoms with Gasteiger partial charge >= 0.3 is 0 Å². The molecule has 0 radical (unpaired) electrons. The number of rotatable bonds is 1. The first-order valence-corrected chi connectivity index (χ1v) is 4.20. The minimum absolute atomic E-state index is 0.191. The van der Waals surface area contributed by atoms with Crippen molar-refractivity contribution >= 4 is 11.0 Å². The first kappa shape index (κ1) is 8.04. The Morgan fingerprint density at radius 2 is 2.38 bits per heavy atom. The monoisotopic (exact) mass is 178 g/mol. The Morgan fingerprint density at radius 1 is 1.62 bits per heavy atom. The zero-order valence-corrected chi connectivity index (χ0v) is 7.55. The Balaban J connectivity index is 2.88. The Kier molecular flexibility index (Phi) is 1.69. The van der Waals surface area contributed by atoms with Gasteiger partial charge in [0.25, 0.3) is 5.56 Å². The van der Waals surface area contributed by atoms with Crippen LogP contribution in [0.1, 0.15) is 18.4 Å². The second-order valence-corrected chi connectivity index (χ2v) is 2.95. The molecule has 2 aromatic heterocycles. The van der Waals surface area contributed by atoms with Gasteiger partial charge in [0, 0.05) is 6.42 Å². The number of H-pyrrole nitrogens is 1. The fourth-order valence-corrected chi connectivity index (χ4v) is 1.30. The molecule has 0 amide bonds. The fourth-order valence-electron chi connectivity index (χ4n) is 1.30. The van der Waals surface area contributed by atoms with E-state index in [1.165, 1.54) is 0 Å². The number of hydrogen-bond acceptors (Lipinski definition) is 3. The normalized spacial score (nSPS) is 10.9. The summed E-state index contributed by atoms with van der Waals surface area (Å²) in [4.78, 5) is 11.3. The van der Waals surface area contributed by atoms with E-state index >= 15 is 0 Å². The first-order valence-electron chi connectivity index (χ1n) is 4.20. The summed E-state index contributed by atoms with van der Waals surface area (Å²) in [6, 6.07) is 1.77. The van der Waals surface area contributed by atoms with Crippen LogP contribution in [0.5, 0.6) is 0 Å². The van der Waals surface area contributed by atoms with Gasteiger partial charge in [-0.05, 0) is 13.0 Å². The molecule has 0 bridgehead atoms. The zero-order chi connectivity index (χ0) is 9.42. The predicted octanol–water partition coefficient (Wildman–Crippen LogP) is 1.39. The minimum Gasteiger partial charge on any atom is -0.459 e. The number of nitrogens with zero attached hydrogens (tertiary/aromatic N) is 1.